The number of halogens is 3. The molecule has 1 saturated carbocycles. The van der Waals surface area contributed by atoms with Crippen molar-refractivity contribution in [1.29, 1.82) is 0 Å². The monoisotopic (exact) mass is 402 g/mol. The third-order valence-electron chi connectivity index (χ3n) is 4.54. The van der Waals surface area contributed by atoms with E-state index in [0.717, 1.165) is 13.2 Å². The molecule has 1 spiro atoms. The van der Waals surface area contributed by atoms with Gasteiger partial charge < -0.3 is 24.4 Å². The van der Waals surface area contributed by atoms with Crippen molar-refractivity contribution in [2.75, 3.05) is 32.2 Å². The number of methoxy groups -OCH3 is 2. The summed E-state index contributed by atoms with van der Waals surface area (Å²) in [7, 11) is 2.13. The summed E-state index contributed by atoms with van der Waals surface area (Å²) in [4.78, 5) is 37.1. The Hall–Kier alpha value is -2.98. The van der Waals surface area contributed by atoms with E-state index in [4.69, 9.17) is 4.74 Å². The topological polar surface area (TPSA) is 94.2 Å². The van der Waals surface area contributed by atoms with Gasteiger partial charge in [-0.3, -0.25) is 4.79 Å². The predicted octanol–water partition coefficient (Wildman–Crippen LogP) is 2.11. The molecule has 0 aromatic heterocycles. The molecular formula is C17H17F3N2O6. The van der Waals surface area contributed by atoms with Crippen LogP contribution in [-0.4, -0.2) is 50.9 Å². The van der Waals surface area contributed by atoms with Gasteiger partial charge in [0.05, 0.1) is 31.0 Å². The summed E-state index contributed by atoms with van der Waals surface area (Å²) < 4.78 is 54.7. The lowest BCUT2D eigenvalue weighted by atomic mass is 10.0. The molecule has 0 bridgehead atoms. The van der Waals surface area contributed by atoms with Crippen LogP contribution in [-0.2, 0) is 20.4 Å². The smallest absolute Gasteiger partial charge is 0.417 e. The van der Waals surface area contributed by atoms with Gasteiger partial charge in [-0.05, 0) is 12.1 Å². The quantitative estimate of drug-likeness (QED) is 0.776. The molecule has 1 N–H and O–H groups in total. The summed E-state index contributed by atoms with van der Waals surface area (Å²) in [6.45, 7) is -0.0550. The largest absolute Gasteiger partial charge is 0.475 e. The number of carbonyl (C=O) groups is 3. The Bertz CT molecular complexity index is 835. The maximum absolute atomic E-state index is 13.4. The highest BCUT2D eigenvalue weighted by atomic mass is 19.4. The minimum Gasteiger partial charge on any atom is -0.475 e. The molecule has 0 unspecified atom stereocenters. The molecule has 1 aliphatic heterocycles. The van der Waals surface area contributed by atoms with Crippen molar-refractivity contribution >= 4 is 23.7 Å². The SMILES string of the molecule is COC(=O)NCCN1C(=O)C2(CC2)Oc2cc(C(F)(F)F)c(C(=O)OC)cc21. The maximum atomic E-state index is 13.4. The second kappa shape index (κ2) is 6.88. The minimum atomic E-state index is -4.82. The molecule has 2 aliphatic rings. The van der Waals surface area contributed by atoms with Gasteiger partial charge in [-0.15, -0.1) is 0 Å². The zero-order chi connectivity index (χ0) is 20.7. The number of alkyl carbamates (subject to hydrolysis) is 1. The number of amides is 2. The van der Waals surface area contributed by atoms with E-state index in [1.165, 1.54) is 12.0 Å². The molecule has 1 fully saturated rings. The van der Waals surface area contributed by atoms with Crippen LogP contribution in [0.5, 0.6) is 5.75 Å². The van der Waals surface area contributed by atoms with Crippen LogP contribution in [0.25, 0.3) is 0 Å². The second-order valence-electron chi connectivity index (χ2n) is 6.33. The Labute approximate surface area is 157 Å². The molecule has 11 heteroatoms. The van der Waals surface area contributed by atoms with E-state index in [9.17, 15) is 27.6 Å². The fraction of sp³-hybridized carbons (Fsp3) is 0.471. The predicted molar refractivity (Wildman–Crippen MR) is 88.1 cm³/mol. The zero-order valence-electron chi connectivity index (χ0n) is 15.0. The van der Waals surface area contributed by atoms with E-state index in [1.807, 2.05) is 0 Å². The lowest BCUT2D eigenvalue weighted by Crippen LogP contribution is -2.50. The van der Waals surface area contributed by atoms with Crippen LogP contribution in [0.2, 0.25) is 0 Å². The van der Waals surface area contributed by atoms with E-state index in [-0.39, 0.29) is 24.5 Å². The third kappa shape index (κ3) is 3.43. The van der Waals surface area contributed by atoms with Crippen molar-refractivity contribution in [3.05, 3.63) is 23.3 Å². The average molecular weight is 402 g/mol. The van der Waals surface area contributed by atoms with Gasteiger partial charge in [-0.1, -0.05) is 0 Å². The van der Waals surface area contributed by atoms with Gasteiger partial charge in [0, 0.05) is 25.9 Å². The Morgan fingerprint density at radius 3 is 2.46 bits per heavy atom. The molecule has 1 aromatic rings. The Kier molecular flexibility index (Phi) is 4.86. The van der Waals surface area contributed by atoms with E-state index in [0.29, 0.717) is 18.9 Å². The number of ether oxygens (including phenoxy) is 3. The van der Waals surface area contributed by atoms with Crippen molar-refractivity contribution < 1.29 is 41.8 Å². The lowest BCUT2D eigenvalue weighted by molar-refractivity contribution is -0.138. The molecule has 1 aliphatic carbocycles. The number of carbonyl (C=O) groups excluding carboxylic acids is 3. The highest BCUT2D eigenvalue weighted by molar-refractivity contribution is 6.06. The van der Waals surface area contributed by atoms with Crippen molar-refractivity contribution in [2.45, 2.75) is 24.6 Å². The van der Waals surface area contributed by atoms with Crippen LogP contribution in [0.15, 0.2) is 12.1 Å². The molecular weight excluding hydrogens is 385 g/mol. The zero-order valence-corrected chi connectivity index (χ0v) is 15.0. The molecule has 2 amide bonds. The first-order valence-electron chi connectivity index (χ1n) is 8.29. The Balaban J connectivity index is 2.03. The highest BCUT2D eigenvalue weighted by Crippen LogP contribution is 2.51. The van der Waals surface area contributed by atoms with E-state index in [1.54, 1.807) is 0 Å². The number of benzene rings is 1. The summed E-state index contributed by atoms with van der Waals surface area (Å²) in [6.07, 6.45) is -4.81. The number of anilines is 1. The molecule has 0 radical (unpaired) electrons. The summed E-state index contributed by atoms with van der Waals surface area (Å²) in [5.41, 5.74) is -3.14. The van der Waals surface area contributed by atoms with Gasteiger partial charge in [0.2, 0.25) is 0 Å². The van der Waals surface area contributed by atoms with Crippen molar-refractivity contribution in [3.63, 3.8) is 0 Å². The molecule has 1 heterocycles. The fourth-order valence-corrected chi connectivity index (χ4v) is 2.98. The van der Waals surface area contributed by atoms with Gasteiger partial charge >= 0.3 is 18.2 Å². The first-order valence-corrected chi connectivity index (χ1v) is 8.29. The molecule has 0 saturated heterocycles. The van der Waals surface area contributed by atoms with Crippen LogP contribution in [0, 0.1) is 0 Å². The molecule has 152 valence electrons. The Morgan fingerprint density at radius 2 is 1.93 bits per heavy atom. The van der Waals surface area contributed by atoms with Crippen LogP contribution in [0.1, 0.15) is 28.8 Å². The van der Waals surface area contributed by atoms with Crippen LogP contribution < -0.4 is 15.0 Å². The molecule has 1 aromatic carbocycles. The summed E-state index contributed by atoms with van der Waals surface area (Å²) >= 11 is 0. The first kappa shape index (κ1) is 19.8. The van der Waals surface area contributed by atoms with E-state index < -0.39 is 40.9 Å². The van der Waals surface area contributed by atoms with Crippen molar-refractivity contribution in [2.24, 2.45) is 0 Å². The van der Waals surface area contributed by atoms with E-state index >= 15 is 0 Å². The van der Waals surface area contributed by atoms with Crippen LogP contribution in [0.3, 0.4) is 0 Å². The number of esters is 1. The second-order valence-corrected chi connectivity index (χ2v) is 6.33. The lowest BCUT2D eigenvalue weighted by Gasteiger charge is -2.35. The standard InChI is InChI=1S/C17H17F3N2O6/c1-26-13(23)9-7-11-12(8-10(9)17(18,19)20)28-16(3-4-16)14(24)22(11)6-5-21-15(25)27-2/h7-8H,3-6H2,1-2H3,(H,21,25). The number of hydrogen-bond acceptors (Lipinski definition) is 6. The molecule has 0 atom stereocenters. The number of hydrogen-bond donors (Lipinski definition) is 1. The first-order chi connectivity index (χ1) is 13.1. The summed E-state index contributed by atoms with van der Waals surface area (Å²) in [5.74, 6) is -1.79. The summed E-state index contributed by atoms with van der Waals surface area (Å²) in [6, 6.07) is 1.63. The van der Waals surface area contributed by atoms with Gasteiger partial charge in [-0.25, -0.2) is 9.59 Å². The van der Waals surface area contributed by atoms with E-state index in [2.05, 4.69) is 14.8 Å². The van der Waals surface area contributed by atoms with Crippen molar-refractivity contribution in [3.8, 4) is 5.75 Å². The van der Waals surface area contributed by atoms with Gasteiger partial charge in [0.25, 0.3) is 5.91 Å². The highest BCUT2D eigenvalue weighted by Gasteiger charge is 2.58. The number of rotatable bonds is 4. The van der Waals surface area contributed by atoms with Crippen molar-refractivity contribution in [1.82, 2.24) is 5.32 Å². The number of nitrogens with one attached hydrogen (secondary N) is 1. The van der Waals surface area contributed by atoms with Gasteiger partial charge in [0.1, 0.15) is 5.75 Å². The van der Waals surface area contributed by atoms with Crippen LogP contribution >= 0.6 is 0 Å². The maximum Gasteiger partial charge on any atom is 0.417 e. The minimum absolute atomic E-state index is 0.00240. The normalized spacial score (nSPS) is 16.9. The molecule has 8 nitrogen and oxygen atoms in total. The summed E-state index contributed by atoms with van der Waals surface area (Å²) in [5, 5.41) is 2.40. The number of fused-ring (bicyclic) bond motifs is 1. The Morgan fingerprint density at radius 1 is 1.25 bits per heavy atom. The number of alkyl halides is 3. The van der Waals surface area contributed by atoms with Crippen LogP contribution in [0.4, 0.5) is 23.7 Å². The third-order valence-corrected chi connectivity index (χ3v) is 4.54. The number of nitrogens with zero attached hydrogens (tertiary/aromatic N) is 1. The van der Waals surface area contributed by atoms with Gasteiger partial charge in [-0.2, -0.15) is 13.2 Å². The van der Waals surface area contributed by atoms with Gasteiger partial charge in [0.15, 0.2) is 5.60 Å². The fourth-order valence-electron chi connectivity index (χ4n) is 2.98. The molecule has 3 rings (SSSR count). The average Bonchev–Trinajstić information content (AvgIpc) is 3.42. The molecule has 28 heavy (non-hydrogen) atoms.